The molecular weight excluding hydrogens is 557 g/mol. The van der Waals surface area contributed by atoms with E-state index in [0.29, 0.717) is 18.0 Å². The topological polar surface area (TPSA) is 86.8 Å². The van der Waals surface area contributed by atoms with Gasteiger partial charge >= 0.3 is 0 Å². The van der Waals surface area contributed by atoms with Gasteiger partial charge in [-0.05, 0) is 55.7 Å². The molecule has 0 aliphatic rings. The second-order valence-electron chi connectivity index (χ2n) is 9.14. The van der Waals surface area contributed by atoms with Crippen molar-refractivity contribution in [3.63, 3.8) is 0 Å². The van der Waals surface area contributed by atoms with Crippen LogP contribution in [0.4, 0.5) is 5.69 Å². The van der Waals surface area contributed by atoms with Crippen molar-refractivity contribution < 1.29 is 18.0 Å². The number of benzene rings is 3. The average molecular weight is 591 g/mol. The minimum absolute atomic E-state index is 0.00151. The summed E-state index contributed by atoms with van der Waals surface area (Å²) in [4.78, 5) is 28.6. The molecule has 1 unspecified atom stereocenters. The Balaban J connectivity index is 2.07. The van der Waals surface area contributed by atoms with Gasteiger partial charge in [-0.25, -0.2) is 8.42 Å². The van der Waals surface area contributed by atoms with Crippen molar-refractivity contribution in [1.29, 1.82) is 0 Å². The zero-order valence-corrected chi connectivity index (χ0v) is 24.6. The Hall–Kier alpha value is -3.07. The molecule has 0 saturated heterocycles. The van der Waals surface area contributed by atoms with Gasteiger partial charge in [0.1, 0.15) is 12.6 Å². The van der Waals surface area contributed by atoms with E-state index in [0.717, 1.165) is 21.9 Å². The van der Waals surface area contributed by atoms with Crippen LogP contribution in [-0.2, 0) is 26.2 Å². The lowest BCUT2D eigenvalue weighted by Crippen LogP contribution is -2.52. The van der Waals surface area contributed by atoms with Crippen LogP contribution in [-0.4, -0.2) is 44.3 Å². The first kappa shape index (κ1) is 30.5. The van der Waals surface area contributed by atoms with Gasteiger partial charge in [0.15, 0.2) is 0 Å². The molecule has 1 N–H and O–H groups in total. The first-order chi connectivity index (χ1) is 18.6. The number of halogens is 2. The molecule has 7 nitrogen and oxygen atoms in total. The van der Waals surface area contributed by atoms with E-state index in [-0.39, 0.29) is 28.1 Å². The number of rotatable bonds is 12. The molecule has 39 heavy (non-hydrogen) atoms. The Morgan fingerprint density at radius 1 is 0.949 bits per heavy atom. The summed E-state index contributed by atoms with van der Waals surface area (Å²) in [6.45, 7) is 5.75. The number of aryl methyl sites for hydroxylation is 1. The second kappa shape index (κ2) is 13.8. The van der Waals surface area contributed by atoms with Crippen LogP contribution < -0.4 is 9.62 Å². The van der Waals surface area contributed by atoms with Crippen molar-refractivity contribution in [2.24, 2.45) is 0 Å². The third-order valence-electron chi connectivity index (χ3n) is 6.20. The maximum atomic E-state index is 14.0. The monoisotopic (exact) mass is 589 g/mol. The minimum Gasteiger partial charge on any atom is -0.354 e. The number of amides is 2. The van der Waals surface area contributed by atoms with Crippen LogP contribution in [0.5, 0.6) is 0 Å². The second-order valence-corrected chi connectivity index (χ2v) is 11.8. The normalized spacial score (nSPS) is 12.0. The smallest absolute Gasteiger partial charge is 0.264 e. The molecule has 0 saturated carbocycles. The molecule has 10 heteroatoms. The average Bonchev–Trinajstić information content (AvgIpc) is 2.92. The molecule has 3 aromatic carbocycles. The summed E-state index contributed by atoms with van der Waals surface area (Å²) in [5.74, 6) is -0.832. The minimum atomic E-state index is -4.21. The van der Waals surface area contributed by atoms with Gasteiger partial charge in [0.2, 0.25) is 11.8 Å². The van der Waals surface area contributed by atoms with Crippen LogP contribution in [0.1, 0.15) is 37.8 Å². The quantitative estimate of drug-likeness (QED) is 0.288. The molecule has 0 heterocycles. The maximum Gasteiger partial charge on any atom is 0.264 e. The molecule has 0 aliphatic carbocycles. The van der Waals surface area contributed by atoms with E-state index in [1.54, 1.807) is 18.2 Å². The Bertz CT molecular complexity index is 1380. The third kappa shape index (κ3) is 7.75. The lowest BCUT2D eigenvalue weighted by atomic mass is 10.1. The van der Waals surface area contributed by atoms with E-state index in [9.17, 15) is 18.0 Å². The summed E-state index contributed by atoms with van der Waals surface area (Å²) in [5.41, 5.74) is 1.98. The summed E-state index contributed by atoms with van der Waals surface area (Å²) in [6.07, 6.45) is 1.09. The molecule has 2 amide bonds. The standard InChI is InChI=1S/C29H33Cl2N3O4S/c1-4-17-32-29(36)26(5-2)33(19-22-13-11-21(3)12-14-22)28(35)20-34(27-16-15-23(30)18-25(27)31)39(37,38)24-9-7-6-8-10-24/h6-16,18,26H,4-5,17,19-20H2,1-3H3,(H,32,36). The van der Waals surface area contributed by atoms with Gasteiger partial charge in [-0.15, -0.1) is 0 Å². The summed E-state index contributed by atoms with van der Waals surface area (Å²) in [5, 5.41) is 3.27. The summed E-state index contributed by atoms with van der Waals surface area (Å²) >= 11 is 12.5. The molecule has 1 atom stereocenters. The molecule has 208 valence electrons. The number of nitrogens with one attached hydrogen (secondary N) is 1. The Labute approximate surface area is 240 Å². The van der Waals surface area contributed by atoms with Crippen molar-refractivity contribution in [2.45, 2.75) is 51.1 Å². The summed E-state index contributed by atoms with van der Waals surface area (Å²) < 4.78 is 28.6. The number of sulfonamides is 1. The fourth-order valence-electron chi connectivity index (χ4n) is 4.09. The van der Waals surface area contributed by atoms with Crippen LogP contribution in [0.15, 0.2) is 77.7 Å². The molecule has 0 aliphatic heterocycles. The summed E-state index contributed by atoms with van der Waals surface area (Å²) in [7, 11) is -4.21. The molecule has 0 aromatic heterocycles. The molecule has 3 aromatic rings. The van der Waals surface area contributed by atoms with Gasteiger partial charge in [-0.2, -0.15) is 0 Å². The number of hydrogen-bond acceptors (Lipinski definition) is 4. The highest BCUT2D eigenvalue weighted by molar-refractivity contribution is 7.92. The number of carbonyl (C=O) groups excluding carboxylic acids is 2. The first-order valence-electron chi connectivity index (χ1n) is 12.7. The number of carbonyl (C=O) groups is 2. The SMILES string of the molecule is CCCNC(=O)C(CC)N(Cc1ccc(C)cc1)C(=O)CN(c1ccc(Cl)cc1Cl)S(=O)(=O)c1ccccc1. The van der Waals surface area contributed by atoms with E-state index in [2.05, 4.69) is 5.32 Å². The van der Waals surface area contributed by atoms with Crippen molar-refractivity contribution in [2.75, 3.05) is 17.4 Å². The van der Waals surface area contributed by atoms with Crippen molar-refractivity contribution >= 4 is 50.7 Å². The number of nitrogens with zero attached hydrogens (tertiary/aromatic N) is 2. The Morgan fingerprint density at radius 3 is 2.21 bits per heavy atom. The molecule has 0 bridgehead atoms. The van der Waals surface area contributed by atoms with Gasteiger partial charge in [0.25, 0.3) is 10.0 Å². The lowest BCUT2D eigenvalue weighted by Gasteiger charge is -2.33. The van der Waals surface area contributed by atoms with Crippen LogP contribution in [0.2, 0.25) is 10.0 Å². The predicted octanol–water partition coefficient (Wildman–Crippen LogP) is 5.83. The highest BCUT2D eigenvalue weighted by Gasteiger charge is 2.34. The van der Waals surface area contributed by atoms with E-state index in [4.69, 9.17) is 23.2 Å². The Morgan fingerprint density at radius 2 is 1.62 bits per heavy atom. The predicted molar refractivity (Wildman–Crippen MR) is 157 cm³/mol. The van der Waals surface area contributed by atoms with E-state index < -0.39 is 28.5 Å². The molecule has 3 rings (SSSR count). The highest BCUT2D eigenvalue weighted by atomic mass is 35.5. The van der Waals surface area contributed by atoms with Crippen LogP contribution in [0.25, 0.3) is 0 Å². The van der Waals surface area contributed by atoms with Gasteiger partial charge in [-0.3, -0.25) is 13.9 Å². The van der Waals surface area contributed by atoms with Gasteiger partial charge in [0, 0.05) is 18.1 Å². The highest BCUT2D eigenvalue weighted by Crippen LogP contribution is 2.33. The molecular formula is C29H33Cl2N3O4S. The molecule has 0 radical (unpaired) electrons. The third-order valence-corrected chi connectivity index (χ3v) is 8.51. The largest absolute Gasteiger partial charge is 0.354 e. The fraction of sp³-hybridized carbons (Fsp3) is 0.310. The number of hydrogen-bond donors (Lipinski definition) is 1. The Kier molecular flexibility index (Phi) is 10.8. The number of anilines is 1. The van der Waals surface area contributed by atoms with Crippen molar-refractivity contribution in [3.05, 3.63) is 94.0 Å². The molecule has 0 fully saturated rings. The van der Waals surface area contributed by atoms with Crippen LogP contribution >= 0.6 is 23.2 Å². The van der Waals surface area contributed by atoms with Gasteiger partial charge in [0.05, 0.1) is 15.6 Å². The molecule has 0 spiro atoms. The zero-order chi connectivity index (χ0) is 28.6. The maximum absolute atomic E-state index is 14.0. The van der Waals surface area contributed by atoms with Crippen LogP contribution in [0.3, 0.4) is 0 Å². The van der Waals surface area contributed by atoms with Crippen molar-refractivity contribution in [3.8, 4) is 0 Å². The van der Waals surface area contributed by atoms with E-state index in [1.807, 2.05) is 45.0 Å². The fourth-order valence-corrected chi connectivity index (χ4v) is 6.11. The van der Waals surface area contributed by atoms with Crippen LogP contribution in [0, 0.1) is 6.92 Å². The zero-order valence-electron chi connectivity index (χ0n) is 22.2. The van der Waals surface area contributed by atoms with Crippen molar-refractivity contribution in [1.82, 2.24) is 10.2 Å². The van der Waals surface area contributed by atoms with Gasteiger partial charge < -0.3 is 10.2 Å². The van der Waals surface area contributed by atoms with Gasteiger partial charge in [-0.1, -0.05) is 85.1 Å². The first-order valence-corrected chi connectivity index (χ1v) is 14.9. The van der Waals surface area contributed by atoms with E-state index >= 15 is 0 Å². The lowest BCUT2D eigenvalue weighted by molar-refractivity contribution is -0.140. The van der Waals surface area contributed by atoms with E-state index in [1.165, 1.54) is 35.2 Å². The summed E-state index contributed by atoms with van der Waals surface area (Å²) in [6, 6.07) is 19.0.